The molecule has 1 aliphatic heterocycles. The first kappa shape index (κ1) is 15.3. The molecule has 0 atom stereocenters. The minimum atomic E-state index is 0.0173. The second-order valence-corrected chi connectivity index (χ2v) is 6.88. The molecule has 4 rings (SSSR count). The summed E-state index contributed by atoms with van der Waals surface area (Å²) in [6.45, 7) is 0. The molecular weight excluding hydrogens is 296 g/mol. The summed E-state index contributed by atoms with van der Waals surface area (Å²) in [4.78, 5) is 15.1. The van der Waals surface area contributed by atoms with Gasteiger partial charge in [0.05, 0.1) is 11.4 Å². The van der Waals surface area contributed by atoms with Crippen LogP contribution in [0.4, 0.5) is 16.2 Å². The van der Waals surface area contributed by atoms with Crippen LogP contribution in [0.1, 0.15) is 43.2 Å². The number of nitrogens with one attached hydrogen (secondary N) is 1. The van der Waals surface area contributed by atoms with Gasteiger partial charge in [-0.1, -0.05) is 55.7 Å². The fourth-order valence-corrected chi connectivity index (χ4v) is 3.98. The Balaban J connectivity index is 1.70. The van der Waals surface area contributed by atoms with Crippen molar-refractivity contribution in [2.24, 2.45) is 0 Å². The monoisotopic (exact) mass is 320 g/mol. The van der Waals surface area contributed by atoms with Crippen molar-refractivity contribution >= 4 is 17.4 Å². The Morgan fingerprint density at radius 3 is 1.96 bits per heavy atom. The van der Waals surface area contributed by atoms with Gasteiger partial charge in [0.2, 0.25) is 0 Å². The highest BCUT2D eigenvalue weighted by atomic mass is 16.2. The third-order valence-corrected chi connectivity index (χ3v) is 5.26. The highest BCUT2D eigenvalue weighted by Crippen LogP contribution is 2.36. The summed E-state index contributed by atoms with van der Waals surface area (Å²) in [5, 5.41) is 3.29. The van der Waals surface area contributed by atoms with Gasteiger partial charge < -0.3 is 5.32 Å². The zero-order valence-corrected chi connectivity index (χ0v) is 14.0. The molecule has 0 saturated heterocycles. The van der Waals surface area contributed by atoms with Gasteiger partial charge in [0.1, 0.15) is 0 Å². The molecule has 0 bridgehead atoms. The Kier molecular flexibility index (Phi) is 4.24. The third kappa shape index (κ3) is 2.91. The van der Waals surface area contributed by atoms with E-state index >= 15 is 0 Å². The normalized spacial score (nSPS) is 17.6. The molecule has 1 fully saturated rings. The number of carbonyl (C=O) groups excluding carboxylic acids is 1. The van der Waals surface area contributed by atoms with Crippen LogP contribution >= 0.6 is 0 Å². The average Bonchev–Trinajstić information content (AvgIpc) is 2.79. The van der Waals surface area contributed by atoms with Gasteiger partial charge in [0, 0.05) is 6.04 Å². The average molecular weight is 320 g/mol. The lowest BCUT2D eigenvalue weighted by molar-refractivity contribution is 0.240. The number of benzene rings is 2. The lowest BCUT2D eigenvalue weighted by Crippen LogP contribution is -2.44. The molecule has 0 spiro atoms. The van der Waals surface area contributed by atoms with E-state index in [2.05, 4.69) is 41.7 Å². The number of anilines is 2. The number of aryl methyl sites for hydroxylation is 2. The lowest BCUT2D eigenvalue weighted by Gasteiger charge is -2.29. The number of para-hydroxylation sites is 2. The van der Waals surface area contributed by atoms with Crippen LogP contribution in [0.5, 0.6) is 0 Å². The topological polar surface area (TPSA) is 32.3 Å². The van der Waals surface area contributed by atoms with E-state index in [4.69, 9.17) is 0 Å². The summed E-state index contributed by atoms with van der Waals surface area (Å²) < 4.78 is 0. The van der Waals surface area contributed by atoms with Crippen molar-refractivity contribution in [2.45, 2.75) is 51.0 Å². The van der Waals surface area contributed by atoms with Crippen molar-refractivity contribution in [1.82, 2.24) is 5.32 Å². The molecule has 1 aliphatic carbocycles. The molecule has 1 N–H and O–H groups in total. The zero-order valence-electron chi connectivity index (χ0n) is 14.0. The summed E-state index contributed by atoms with van der Waals surface area (Å²) in [5.74, 6) is 0. The molecule has 24 heavy (non-hydrogen) atoms. The molecule has 0 aromatic heterocycles. The molecular formula is C21H24N2O. The third-order valence-electron chi connectivity index (χ3n) is 5.26. The maximum Gasteiger partial charge on any atom is 0.326 e. The van der Waals surface area contributed by atoms with Crippen molar-refractivity contribution < 1.29 is 4.79 Å². The van der Waals surface area contributed by atoms with Crippen molar-refractivity contribution in [3.05, 3.63) is 59.7 Å². The number of nitrogens with zero attached hydrogens (tertiary/aromatic N) is 1. The van der Waals surface area contributed by atoms with Gasteiger partial charge in [-0.25, -0.2) is 4.79 Å². The predicted molar refractivity (Wildman–Crippen MR) is 97.8 cm³/mol. The van der Waals surface area contributed by atoms with Crippen LogP contribution in [0.2, 0.25) is 0 Å². The summed E-state index contributed by atoms with van der Waals surface area (Å²) in [7, 11) is 0. The summed E-state index contributed by atoms with van der Waals surface area (Å²) in [5.41, 5.74) is 4.53. The summed E-state index contributed by atoms with van der Waals surface area (Å²) in [6.07, 6.45) is 7.88. The van der Waals surface area contributed by atoms with Crippen LogP contribution in [-0.4, -0.2) is 12.1 Å². The molecule has 3 nitrogen and oxygen atoms in total. The Morgan fingerprint density at radius 2 is 1.38 bits per heavy atom. The lowest BCUT2D eigenvalue weighted by atomic mass is 9.96. The van der Waals surface area contributed by atoms with Crippen LogP contribution in [-0.2, 0) is 12.8 Å². The van der Waals surface area contributed by atoms with E-state index in [9.17, 15) is 4.79 Å². The van der Waals surface area contributed by atoms with Crippen molar-refractivity contribution in [3.63, 3.8) is 0 Å². The maximum atomic E-state index is 13.2. The van der Waals surface area contributed by atoms with E-state index in [1.165, 1.54) is 30.4 Å². The standard InChI is InChI=1S/C21H24N2O/c24-21(22-18-10-2-1-3-11-18)23-19-12-6-4-8-16(19)14-15-17-9-5-7-13-20(17)23/h4-9,12-13,18H,1-3,10-11,14-15H2,(H,22,24). The first-order chi connectivity index (χ1) is 11.8. The molecule has 0 radical (unpaired) electrons. The van der Waals surface area contributed by atoms with Crippen LogP contribution in [0.25, 0.3) is 0 Å². The van der Waals surface area contributed by atoms with E-state index in [1.807, 2.05) is 17.0 Å². The van der Waals surface area contributed by atoms with Crippen molar-refractivity contribution in [3.8, 4) is 0 Å². The zero-order chi connectivity index (χ0) is 16.4. The minimum absolute atomic E-state index is 0.0173. The molecule has 1 saturated carbocycles. The van der Waals surface area contributed by atoms with Crippen LogP contribution < -0.4 is 10.2 Å². The quantitative estimate of drug-likeness (QED) is 0.791. The number of carbonyl (C=O) groups is 1. The molecule has 2 aromatic carbocycles. The molecule has 2 aromatic rings. The molecule has 3 heteroatoms. The Labute approximate surface area is 143 Å². The highest BCUT2D eigenvalue weighted by Gasteiger charge is 2.27. The van der Waals surface area contributed by atoms with E-state index in [0.29, 0.717) is 6.04 Å². The molecule has 124 valence electrons. The molecule has 2 aliphatic rings. The van der Waals surface area contributed by atoms with E-state index in [1.54, 1.807) is 0 Å². The van der Waals surface area contributed by atoms with Gasteiger partial charge in [-0.05, 0) is 48.9 Å². The Bertz CT molecular complexity index is 687. The second kappa shape index (κ2) is 6.68. The highest BCUT2D eigenvalue weighted by molar-refractivity contribution is 6.01. The predicted octanol–water partition coefficient (Wildman–Crippen LogP) is 4.97. The Morgan fingerprint density at radius 1 is 0.833 bits per heavy atom. The second-order valence-electron chi connectivity index (χ2n) is 6.88. The maximum absolute atomic E-state index is 13.2. The van der Waals surface area contributed by atoms with Crippen LogP contribution in [0.3, 0.4) is 0 Å². The van der Waals surface area contributed by atoms with Gasteiger partial charge >= 0.3 is 6.03 Å². The van der Waals surface area contributed by atoms with E-state index in [-0.39, 0.29) is 6.03 Å². The number of amides is 2. The smallest absolute Gasteiger partial charge is 0.326 e. The van der Waals surface area contributed by atoms with Crippen LogP contribution in [0.15, 0.2) is 48.5 Å². The van der Waals surface area contributed by atoms with Gasteiger partial charge in [0.25, 0.3) is 0 Å². The largest absolute Gasteiger partial charge is 0.335 e. The molecule has 2 amide bonds. The van der Waals surface area contributed by atoms with E-state index < -0.39 is 0 Å². The number of hydrogen-bond donors (Lipinski definition) is 1. The van der Waals surface area contributed by atoms with Crippen molar-refractivity contribution in [1.29, 1.82) is 0 Å². The van der Waals surface area contributed by atoms with Crippen LogP contribution in [0, 0.1) is 0 Å². The van der Waals surface area contributed by atoms with Gasteiger partial charge in [-0.2, -0.15) is 0 Å². The summed E-state index contributed by atoms with van der Waals surface area (Å²) >= 11 is 0. The molecule has 0 unspecified atom stereocenters. The molecule has 1 heterocycles. The number of urea groups is 1. The number of fused-ring (bicyclic) bond motifs is 2. The van der Waals surface area contributed by atoms with E-state index in [0.717, 1.165) is 37.1 Å². The van der Waals surface area contributed by atoms with Gasteiger partial charge in [-0.15, -0.1) is 0 Å². The van der Waals surface area contributed by atoms with Gasteiger partial charge in [-0.3, -0.25) is 4.90 Å². The van der Waals surface area contributed by atoms with Gasteiger partial charge in [0.15, 0.2) is 0 Å². The first-order valence-corrected chi connectivity index (χ1v) is 9.09. The first-order valence-electron chi connectivity index (χ1n) is 9.09. The van der Waals surface area contributed by atoms with Crippen molar-refractivity contribution in [2.75, 3.05) is 4.90 Å². The number of hydrogen-bond acceptors (Lipinski definition) is 1. The number of rotatable bonds is 1. The summed E-state index contributed by atoms with van der Waals surface area (Å²) in [6, 6.07) is 16.9. The fourth-order valence-electron chi connectivity index (χ4n) is 3.98. The Hall–Kier alpha value is -2.29. The fraction of sp³-hybridized carbons (Fsp3) is 0.381. The minimum Gasteiger partial charge on any atom is -0.335 e. The SMILES string of the molecule is O=C(NC1CCCCC1)N1c2ccccc2CCc2ccccc21.